The molecule has 1 unspecified atom stereocenters. The van der Waals surface area contributed by atoms with Crippen molar-refractivity contribution in [1.29, 1.82) is 5.26 Å². The summed E-state index contributed by atoms with van der Waals surface area (Å²) in [5, 5.41) is 15.2. The number of amides is 2. The highest BCUT2D eigenvalue weighted by Gasteiger charge is 2.43. The molecule has 3 atom stereocenters. The van der Waals surface area contributed by atoms with E-state index < -0.39 is 46.0 Å². The van der Waals surface area contributed by atoms with Gasteiger partial charge in [-0.05, 0) is 101 Å². The first-order valence-electron chi connectivity index (χ1n) is 20.6. The summed E-state index contributed by atoms with van der Waals surface area (Å²) in [5.41, 5.74) is 5.91. The van der Waals surface area contributed by atoms with Crippen LogP contribution in [0.1, 0.15) is 51.3 Å². The molecule has 0 saturated carbocycles. The quantitative estimate of drug-likeness (QED) is 0.106. The number of esters is 1. The molecule has 0 saturated heterocycles. The molecule has 8 rings (SSSR count). The van der Waals surface area contributed by atoms with Gasteiger partial charge in [0.1, 0.15) is 31.0 Å². The number of methoxy groups -OCH3 is 1. The molecular weight excluding hydrogens is 926 g/mol. The zero-order chi connectivity index (χ0) is 46.7. The van der Waals surface area contributed by atoms with Crippen molar-refractivity contribution in [3.63, 3.8) is 0 Å². The lowest BCUT2D eigenvalue weighted by molar-refractivity contribution is -0.145. The number of sulfonamides is 1. The normalized spacial score (nSPS) is 16.0. The van der Waals surface area contributed by atoms with Crippen LogP contribution in [-0.2, 0) is 55.1 Å². The minimum Gasteiger partial charge on any atom is -0.489 e. The zero-order valence-corrected chi connectivity index (χ0v) is 38.8. The Hall–Kier alpha value is -6.48. The molecule has 18 heteroatoms. The number of aromatic nitrogens is 1. The van der Waals surface area contributed by atoms with E-state index in [9.17, 15) is 22.8 Å². The summed E-state index contributed by atoms with van der Waals surface area (Å²) >= 11 is 13.2. The second-order valence-electron chi connectivity index (χ2n) is 15.6. The van der Waals surface area contributed by atoms with Gasteiger partial charge in [0.25, 0.3) is 10.0 Å². The molecule has 3 heterocycles. The highest BCUT2D eigenvalue weighted by molar-refractivity contribution is 7.89. The lowest BCUT2D eigenvalue weighted by atomic mass is 9.93. The number of rotatable bonds is 13. The SMILES string of the molecule is COC(=O)[C@H](Cc1ccc(-c2ccc(C#N)cc2)cc1)NC(=O)[C@@H]1Cc2cc3c(cc2CN1S(=O)(=O)c1nc(NC(C)=O)sc1C)OC(c1ccc(OCc2ccc(Cl)c(Cl)c2)cc1)CO3. The minimum atomic E-state index is -4.52. The summed E-state index contributed by atoms with van der Waals surface area (Å²) in [5.74, 6) is -0.441. The average molecular weight is 967 g/mol. The Morgan fingerprint density at radius 3 is 2.27 bits per heavy atom. The van der Waals surface area contributed by atoms with Gasteiger partial charge in [-0.1, -0.05) is 77.8 Å². The fraction of sp³-hybridized carbons (Fsp3) is 0.229. The third-order valence-corrected chi connectivity index (χ3v) is 14.7. The van der Waals surface area contributed by atoms with Crippen LogP contribution >= 0.6 is 34.5 Å². The van der Waals surface area contributed by atoms with E-state index in [0.717, 1.165) is 37.9 Å². The molecule has 0 spiro atoms. The Balaban J connectivity index is 1.04. The van der Waals surface area contributed by atoms with Crippen molar-refractivity contribution in [3.8, 4) is 34.4 Å². The average Bonchev–Trinajstić information content (AvgIpc) is 3.70. The summed E-state index contributed by atoms with van der Waals surface area (Å²) in [7, 11) is -3.31. The van der Waals surface area contributed by atoms with Crippen molar-refractivity contribution in [2.75, 3.05) is 19.0 Å². The molecule has 2 aliphatic rings. The van der Waals surface area contributed by atoms with Crippen LogP contribution in [0.25, 0.3) is 11.1 Å². The van der Waals surface area contributed by atoms with E-state index >= 15 is 0 Å². The predicted octanol–water partition coefficient (Wildman–Crippen LogP) is 8.36. The Bertz CT molecular complexity index is 2980. The van der Waals surface area contributed by atoms with Crippen LogP contribution in [0.3, 0.4) is 0 Å². The summed E-state index contributed by atoms with van der Waals surface area (Å²) in [4.78, 5) is 44.2. The molecule has 14 nitrogen and oxygen atoms in total. The van der Waals surface area contributed by atoms with Crippen LogP contribution in [0, 0.1) is 18.3 Å². The number of nitrogens with one attached hydrogen (secondary N) is 2. The molecular formula is C48H41Cl2N5O9S2. The standard InChI is InChI=1S/C48H41Cl2N5O9S2/c1-27-46(54-48(65-27)52-28(2)56)66(59,60)55-24-36-22-43-42(63-26-44(64-43)34-13-15-37(16-14-34)62-25-31-8-17-38(49)39(50)18-31)21-35(36)20-41(55)45(57)53-40(47(58)61-3)19-29-4-9-32(10-5-29)33-11-6-30(23-51)7-12-33/h4-18,21-22,40-41,44H,19-20,24-26H2,1-3H3,(H,53,57)(H,52,54,56)/t40-,41-,44?/m0/s1. The smallest absolute Gasteiger partial charge is 0.328 e. The van der Waals surface area contributed by atoms with Crippen LogP contribution < -0.4 is 24.8 Å². The van der Waals surface area contributed by atoms with E-state index in [1.807, 2.05) is 66.7 Å². The number of halogens is 2. The van der Waals surface area contributed by atoms with Crippen molar-refractivity contribution in [1.82, 2.24) is 14.6 Å². The summed E-state index contributed by atoms with van der Waals surface area (Å²) in [6.07, 6.45) is -0.547. The number of anilines is 1. The van der Waals surface area contributed by atoms with Crippen LogP contribution in [0.15, 0.2) is 108 Å². The lowest BCUT2D eigenvalue weighted by Crippen LogP contribution is -2.56. The number of hydrogen-bond acceptors (Lipinski definition) is 12. The number of fused-ring (bicyclic) bond motifs is 2. The van der Waals surface area contributed by atoms with Gasteiger partial charge in [-0.3, -0.25) is 9.59 Å². The van der Waals surface area contributed by atoms with Crippen molar-refractivity contribution in [3.05, 3.63) is 151 Å². The molecule has 0 aliphatic carbocycles. The number of nitriles is 1. The Labute approximate surface area is 395 Å². The van der Waals surface area contributed by atoms with E-state index in [-0.39, 0.29) is 42.8 Å². The molecule has 6 aromatic rings. The van der Waals surface area contributed by atoms with Crippen LogP contribution in [0.5, 0.6) is 17.2 Å². The van der Waals surface area contributed by atoms with Gasteiger partial charge >= 0.3 is 5.97 Å². The first-order valence-corrected chi connectivity index (χ1v) is 23.6. The van der Waals surface area contributed by atoms with Gasteiger partial charge in [0.05, 0.1) is 28.8 Å². The number of thiazole rings is 1. The van der Waals surface area contributed by atoms with Gasteiger partial charge in [0.2, 0.25) is 11.8 Å². The summed E-state index contributed by atoms with van der Waals surface area (Å²) in [6, 6.07) is 30.3. The Kier molecular flexibility index (Phi) is 13.6. The number of carbonyl (C=O) groups excluding carboxylic acids is 3. The first-order chi connectivity index (χ1) is 31.7. The summed E-state index contributed by atoms with van der Waals surface area (Å²) < 4.78 is 54.2. The van der Waals surface area contributed by atoms with Crippen molar-refractivity contribution in [2.24, 2.45) is 0 Å². The Morgan fingerprint density at radius 2 is 1.61 bits per heavy atom. The second-order valence-corrected chi connectivity index (χ2v) is 19.4. The predicted molar refractivity (Wildman–Crippen MR) is 248 cm³/mol. The summed E-state index contributed by atoms with van der Waals surface area (Å²) in [6.45, 7) is 3.06. The van der Waals surface area contributed by atoms with E-state index in [4.69, 9.17) is 47.4 Å². The highest BCUT2D eigenvalue weighted by atomic mass is 35.5. The number of carbonyl (C=O) groups is 3. The van der Waals surface area contributed by atoms with E-state index in [1.165, 1.54) is 14.0 Å². The first kappa shape index (κ1) is 46.1. The van der Waals surface area contributed by atoms with Gasteiger partial charge in [0, 0.05) is 24.8 Å². The minimum absolute atomic E-state index is 0.0434. The van der Waals surface area contributed by atoms with Crippen LogP contribution in [-0.4, -0.2) is 61.3 Å². The van der Waals surface area contributed by atoms with E-state index in [0.29, 0.717) is 54.4 Å². The fourth-order valence-electron chi connectivity index (χ4n) is 7.69. The maximum atomic E-state index is 14.7. The third-order valence-electron chi connectivity index (χ3n) is 11.1. The molecule has 2 amide bonds. The number of ether oxygens (including phenoxy) is 4. The number of nitrogens with zero attached hydrogens (tertiary/aromatic N) is 3. The highest BCUT2D eigenvalue weighted by Crippen LogP contribution is 2.42. The second kappa shape index (κ2) is 19.5. The monoisotopic (exact) mass is 965 g/mol. The van der Waals surface area contributed by atoms with Crippen molar-refractivity contribution < 1.29 is 41.7 Å². The largest absolute Gasteiger partial charge is 0.489 e. The van der Waals surface area contributed by atoms with Gasteiger partial charge in [-0.25, -0.2) is 18.2 Å². The fourth-order valence-corrected chi connectivity index (χ4v) is 10.9. The molecule has 0 bridgehead atoms. The lowest BCUT2D eigenvalue weighted by Gasteiger charge is -2.36. The van der Waals surface area contributed by atoms with E-state index in [2.05, 4.69) is 21.7 Å². The van der Waals surface area contributed by atoms with Gasteiger partial charge in [-0.2, -0.15) is 9.57 Å². The maximum absolute atomic E-state index is 14.7. The zero-order valence-electron chi connectivity index (χ0n) is 35.7. The molecule has 0 radical (unpaired) electrons. The molecule has 1 aromatic heterocycles. The molecule has 2 N–H and O–H groups in total. The third kappa shape index (κ3) is 10.2. The number of hydrogen-bond donors (Lipinski definition) is 2. The van der Waals surface area contributed by atoms with Crippen molar-refractivity contribution >= 4 is 67.5 Å². The molecule has 5 aromatic carbocycles. The van der Waals surface area contributed by atoms with Crippen LogP contribution in [0.2, 0.25) is 10.0 Å². The van der Waals surface area contributed by atoms with Crippen LogP contribution in [0.4, 0.5) is 5.13 Å². The Morgan fingerprint density at radius 1 is 0.924 bits per heavy atom. The molecule has 2 aliphatic heterocycles. The van der Waals surface area contributed by atoms with E-state index in [1.54, 1.807) is 43.3 Å². The van der Waals surface area contributed by atoms with Gasteiger partial charge in [0.15, 0.2) is 27.8 Å². The topological polar surface area (TPSA) is 186 Å². The maximum Gasteiger partial charge on any atom is 0.328 e. The van der Waals surface area contributed by atoms with Gasteiger partial charge in [-0.15, -0.1) is 11.3 Å². The molecule has 0 fully saturated rings. The molecule has 338 valence electrons. The number of aryl methyl sites for hydroxylation is 1. The molecule has 66 heavy (non-hydrogen) atoms. The van der Waals surface area contributed by atoms with Gasteiger partial charge < -0.3 is 29.6 Å². The number of benzene rings is 5. The van der Waals surface area contributed by atoms with Crippen molar-refractivity contribution in [2.45, 2.75) is 63.1 Å².